The van der Waals surface area contributed by atoms with Gasteiger partial charge in [0.1, 0.15) is 5.69 Å². The zero-order chi connectivity index (χ0) is 17.5. The normalized spacial score (nSPS) is 11.4. The molecule has 122 valence electrons. The molecule has 0 aliphatic carbocycles. The van der Waals surface area contributed by atoms with Crippen LogP contribution >= 0.6 is 0 Å². The van der Waals surface area contributed by atoms with Gasteiger partial charge in [0.25, 0.3) is 0 Å². The molecule has 0 saturated heterocycles. The number of aromatic nitrogens is 3. The molecule has 24 heavy (non-hydrogen) atoms. The third-order valence-corrected chi connectivity index (χ3v) is 4.49. The lowest BCUT2D eigenvalue weighted by molar-refractivity contribution is 0.585. The predicted octanol–water partition coefficient (Wildman–Crippen LogP) is 4.68. The third-order valence-electron chi connectivity index (χ3n) is 4.49. The summed E-state index contributed by atoms with van der Waals surface area (Å²) in [5, 5.41) is 4.77. The van der Waals surface area contributed by atoms with Crippen LogP contribution in [0, 0.1) is 25.7 Å². The van der Waals surface area contributed by atoms with Gasteiger partial charge in [-0.3, -0.25) is 0 Å². The van der Waals surface area contributed by atoms with Crippen molar-refractivity contribution >= 4 is 5.65 Å². The van der Waals surface area contributed by atoms with Gasteiger partial charge in [0, 0.05) is 5.56 Å². The molecule has 0 fully saturated rings. The molecule has 0 saturated carbocycles. The molecule has 0 bridgehead atoms. The molecule has 0 radical (unpaired) electrons. The van der Waals surface area contributed by atoms with Gasteiger partial charge in [-0.1, -0.05) is 38.8 Å². The van der Waals surface area contributed by atoms with E-state index >= 15 is 0 Å². The predicted molar refractivity (Wildman–Crippen MR) is 99.1 cm³/mol. The molecule has 2 heterocycles. The molecule has 3 rings (SSSR count). The van der Waals surface area contributed by atoms with Crippen molar-refractivity contribution in [2.75, 3.05) is 0 Å². The second-order valence-electron chi connectivity index (χ2n) is 7.17. The van der Waals surface area contributed by atoms with E-state index < -0.39 is 0 Å². The number of rotatable bonds is 1. The Morgan fingerprint density at radius 2 is 1.75 bits per heavy atom. The topological polar surface area (TPSA) is 30.2 Å². The quantitative estimate of drug-likeness (QED) is 0.610. The number of hydrogen-bond acceptors (Lipinski definition) is 2. The van der Waals surface area contributed by atoms with Gasteiger partial charge < -0.3 is 0 Å². The van der Waals surface area contributed by atoms with E-state index in [4.69, 9.17) is 5.10 Å². The summed E-state index contributed by atoms with van der Waals surface area (Å²) in [6.45, 7) is 12.9. The maximum absolute atomic E-state index is 4.77. The molecule has 0 spiro atoms. The van der Waals surface area contributed by atoms with Crippen molar-refractivity contribution in [3.63, 3.8) is 0 Å². The minimum Gasteiger partial charge on any atom is -0.234 e. The Morgan fingerprint density at radius 3 is 2.42 bits per heavy atom. The average Bonchev–Trinajstić information content (AvgIpc) is 2.91. The highest BCUT2D eigenvalue weighted by molar-refractivity contribution is 5.67. The summed E-state index contributed by atoms with van der Waals surface area (Å²) in [7, 11) is 0. The fourth-order valence-corrected chi connectivity index (χ4v) is 3.14. The largest absolute Gasteiger partial charge is 0.234 e. The fourth-order valence-electron chi connectivity index (χ4n) is 3.14. The lowest BCUT2D eigenvalue weighted by atomic mass is 9.81. The van der Waals surface area contributed by atoms with Gasteiger partial charge in [-0.2, -0.15) is 5.10 Å². The zero-order valence-electron chi connectivity index (χ0n) is 15.2. The van der Waals surface area contributed by atoms with Crippen molar-refractivity contribution in [2.45, 2.75) is 47.0 Å². The van der Waals surface area contributed by atoms with Crippen molar-refractivity contribution in [3.05, 3.63) is 52.8 Å². The standard InChI is InChI=1S/C21H23N3/c1-7-8-16-13-22-20-12-11-19(23-24(16)20)17-9-10-18(21(4,5)6)15(3)14(17)2/h9-13H,1-6H3. The summed E-state index contributed by atoms with van der Waals surface area (Å²) in [5.74, 6) is 5.97. The van der Waals surface area contributed by atoms with Crippen LogP contribution in [0.1, 0.15) is 50.1 Å². The van der Waals surface area contributed by atoms with E-state index in [-0.39, 0.29) is 5.41 Å². The van der Waals surface area contributed by atoms with E-state index in [9.17, 15) is 0 Å². The maximum Gasteiger partial charge on any atom is 0.154 e. The van der Waals surface area contributed by atoms with Crippen molar-refractivity contribution in [3.8, 4) is 23.1 Å². The third kappa shape index (κ3) is 2.69. The van der Waals surface area contributed by atoms with E-state index in [0.717, 1.165) is 22.6 Å². The summed E-state index contributed by atoms with van der Waals surface area (Å²) in [5.41, 5.74) is 7.86. The van der Waals surface area contributed by atoms with Gasteiger partial charge in [-0.15, -0.1) is 0 Å². The first-order valence-corrected chi connectivity index (χ1v) is 8.21. The van der Waals surface area contributed by atoms with Crippen LogP contribution in [0.15, 0.2) is 30.5 Å². The van der Waals surface area contributed by atoms with E-state index in [2.05, 4.69) is 63.6 Å². The van der Waals surface area contributed by atoms with Crippen molar-refractivity contribution in [1.29, 1.82) is 0 Å². The SMILES string of the molecule is CC#Cc1cnc2ccc(-c3ccc(C(C)(C)C)c(C)c3C)nn12. The van der Waals surface area contributed by atoms with Gasteiger partial charge >= 0.3 is 0 Å². The van der Waals surface area contributed by atoms with Gasteiger partial charge in [-0.25, -0.2) is 9.50 Å². The molecule has 0 aliphatic heterocycles. The number of hydrogen-bond donors (Lipinski definition) is 0. The van der Waals surface area contributed by atoms with Crippen LogP contribution in [0.2, 0.25) is 0 Å². The second-order valence-corrected chi connectivity index (χ2v) is 7.17. The Labute approximate surface area is 143 Å². The minimum absolute atomic E-state index is 0.138. The molecule has 3 aromatic rings. The number of fused-ring (bicyclic) bond motifs is 1. The van der Waals surface area contributed by atoms with Gasteiger partial charge in [-0.05, 0) is 60.9 Å². The Bertz CT molecular complexity index is 976. The van der Waals surface area contributed by atoms with Gasteiger partial charge in [0.05, 0.1) is 11.9 Å². The average molecular weight is 317 g/mol. The molecular weight excluding hydrogens is 294 g/mol. The van der Waals surface area contributed by atoms with Crippen LogP contribution in [-0.4, -0.2) is 14.6 Å². The van der Waals surface area contributed by atoms with Crippen LogP contribution in [0.5, 0.6) is 0 Å². The van der Waals surface area contributed by atoms with Crippen LogP contribution in [-0.2, 0) is 5.41 Å². The molecule has 1 aromatic carbocycles. The van der Waals surface area contributed by atoms with Crippen LogP contribution in [0.4, 0.5) is 0 Å². The van der Waals surface area contributed by atoms with Crippen molar-refractivity contribution < 1.29 is 0 Å². The monoisotopic (exact) mass is 317 g/mol. The minimum atomic E-state index is 0.138. The first-order valence-electron chi connectivity index (χ1n) is 8.21. The highest BCUT2D eigenvalue weighted by atomic mass is 15.3. The van der Waals surface area contributed by atoms with E-state index in [1.54, 1.807) is 6.20 Å². The van der Waals surface area contributed by atoms with Gasteiger partial charge in [0.2, 0.25) is 0 Å². The Morgan fingerprint density at radius 1 is 1.00 bits per heavy atom. The van der Waals surface area contributed by atoms with Crippen molar-refractivity contribution in [2.24, 2.45) is 0 Å². The summed E-state index contributed by atoms with van der Waals surface area (Å²) in [6, 6.07) is 8.43. The second kappa shape index (κ2) is 5.79. The molecule has 0 unspecified atom stereocenters. The molecule has 0 amide bonds. The molecule has 0 atom stereocenters. The van der Waals surface area contributed by atoms with Crippen molar-refractivity contribution in [1.82, 2.24) is 14.6 Å². The number of benzene rings is 1. The summed E-state index contributed by atoms with van der Waals surface area (Å²) in [4.78, 5) is 4.36. The van der Waals surface area contributed by atoms with Crippen LogP contribution in [0.25, 0.3) is 16.9 Å². The summed E-state index contributed by atoms with van der Waals surface area (Å²) in [6.07, 6.45) is 1.77. The van der Waals surface area contributed by atoms with E-state index in [1.807, 2.05) is 23.6 Å². The zero-order valence-corrected chi connectivity index (χ0v) is 15.2. The Hall–Kier alpha value is -2.60. The van der Waals surface area contributed by atoms with Crippen LogP contribution < -0.4 is 0 Å². The maximum atomic E-state index is 4.77. The highest BCUT2D eigenvalue weighted by Crippen LogP contribution is 2.32. The summed E-state index contributed by atoms with van der Waals surface area (Å²) >= 11 is 0. The number of nitrogens with zero attached hydrogens (tertiary/aromatic N) is 3. The highest BCUT2D eigenvalue weighted by Gasteiger charge is 2.19. The van der Waals surface area contributed by atoms with Crippen LogP contribution in [0.3, 0.4) is 0 Å². The fraction of sp³-hybridized carbons (Fsp3) is 0.333. The van der Waals surface area contributed by atoms with E-state index in [1.165, 1.54) is 16.7 Å². The first-order chi connectivity index (χ1) is 11.3. The molecule has 2 aromatic heterocycles. The van der Waals surface area contributed by atoms with Gasteiger partial charge in [0.15, 0.2) is 5.65 Å². The Kier molecular flexibility index (Phi) is 3.93. The first kappa shape index (κ1) is 16.3. The summed E-state index contributed by atoms with van der Waals surface area (Å²) < 4.78 is 1.82. The molecule has 0 N–H and O–H groups in total. The lowest BCUT2D eigenvalue weighted by Crippen LogP contribution is -2.14. The Balaban J connectivity index is 2.18. The van der Waals surface area contributed by atoms with E-state index in [0.29, 0.717) is 0 Å². The molecular formula is C21H23N3. The molecule has 3 heteroatoms. The number of imidazole rings is 1. The molecule has 0 aliphatic rings. The smallest absolute Gasteiger partial charge is 0.154 e. The lowest BCUT2D eigenvalue weighted by Gasteiger charge is -2.24. The molecule has 3 nitrogen and oxygen atoms in total.